The standard InChI is InChI=1S/C12H15NO2/c1-9-3-4-10(8-13-9)12(5-2-6-12)7-11(14)15/h3-4,8H,2,5-7H2,1H3,(H,14,15). The second-order valence-electron chi connectivity index (χ2n) is 4.39. The molecule has 0 amide bonds. The number of hydrogen-bond acceptors (Lipinski definition) is 2. The molecule has 15 heavy (non-hydrogen) atoms. The van der Waals surface area contributed by atoms with Crippen molar-refractivity contribution in [3.63, 3.8) is 0 Å². The number of pyridine rings is 1. The number of aromatic nitrogens is 1. The Balaban J connectivity index is 2.26. The zero-order valence-corrected chi connectivity index (χ0v) is 8.86. The Bertz CT molecular complexity index is 366. The van der Waals surface area contributed by atoms with Gasteiger partial charge < -0.3 is 5.11 Å². The molecule has 0 unspecified atom stereocenters. The first-order chi connectivity index (χ1) is 7.12. The molecule has 0 aliphatic heterocycles. The normalized spacial score (nSPS) is 18.2. The minimum absolute atomic E-state index is 0.132. The molecule has 0 bridgehead atoms. The third kappa shape index (κ3) is 1.87. The molecule has 3 nitrogen and oxygen atoms in total. The highest BCUT2D eigenvalue weighted by Gasteiger charge is 2.40. The molecule has 2 rings (SSSR count). The molecule has 80 valence electrons. The lowest BCUT2D eigenvalue weighted by Crippen LogP contribution is -2.36. The molecule has 1 N–H and O–H groups in total. The fourth-order valence-corrected chi connectivity index (χ4v) is 2.24. The van der Waals surface area contributed by atoms with E-state index in [-0.39, 0.29) is 11.8 Å². The van der Waals surface area contributed by atoms with E-state index in [9.17, 15) is 4.79 Å². The molecule has 0 spiro atoms. The summed E-state index contributed by atoms with van der Waals surface area (Å²) in [5.41, 5.74) is 1.93. The minimum atomic E-state index is -0.713. The quantitative estimate of drug-likeness (QED) is 0.823. The second kappa shape index (κ2) is 3.65. The van der Waals surface area contributed by atoms with Gasteiger partial charge in [0.05, 0.1) is 6.42 Å². The molecule has 0 aromatic carbocycles. The van der Waals surface area contributed by atoms with Crippen molar-refractivity contribution in [1.82, 2.24) is 4.98 Å². The first-order valence-corrected chi connectivity index (χ1v) is 5.27. The maximum absolute atomic E-state index is 10.8. The lowest BCUT2D eigenvalue weighted by molar-refractivity contribution is -0.139. The molecular formula is C12H15NO2. The van der Waals surface area contributed by atoms with E-state index in [0.717, 1.165) is 30.5 Å². The van der Waals surface area contributed by atoms with Gasteiger partial charge in [0, 0.05) is 17.3 Å². The molecule has 1 heterocycles. The summed E-state index contributed by atoms with van der Waals surface area (Å²) in [7, 11) is 0. The van der Waals surface area contributed by atoms with E-state index in [1.807, 2.05) is 25.3 Å². The first kappa shape index (κ1) is 10.1. The van der Waals surface area contributed by atoms with Crippen LogP contribution in [0.25, 0.3) is 0 Å². The van der Waals surface area contributed by atoms with Crippen molar-refractivity contribution < 1.29 is 9.90 Å². The molecule has 1 saturated carbocycles. The van der Waals surface area contributed by atoms with Crippen LogP contribution in [0.5, 0.6) is 0 Å². The van der Waals surface area contributed by atoms with Gasteiger partial charge in [0.2, 0.25) is 0 Å². The fraction of sp³-hybridized carbons (Fsp3) is 0.500. The molecule has 1 aromatic heterocycles. The number of carboxylic acids is 1. The van der Waals surface area contributed by atoms with Crippen molar-refractivity contribution >= 4 is 5.97 Å². The van der Waals surface area contributed by atoms with E-state index >= 15 is 0 Å². The summed E-state index contributed by atoms with van der Waals surface area (Å²) in [5, 5.41) is 8.91. The van der Waals surface area contributed by atoms with Gasteiger partial charge in [0.25, 0.3) is 0 Å². The second-order valence-corrected chi connectivity index (χ2v) is 4.39. The Morgan fingerprint density at radius 1 is 1.53 bits per heavy atom. The van der Waals surface area contributed by atoms with Crippen LogP contribution in [0.15, 0.2) is 18.3 Å². The third-order valence-corrected chi connectivity index (χ3v) is 3.32. The number of aliphatic carboxylic acids is 1. The van der Waals surface area contributed by atoms with Gasteiger partial charge in [-0.3, -0.25) is 9.78 Å². The Morgan fingerprint density at radius 3 is 2.67 bits per heavy atom. The van der Waals surface area contributed by atoms with E-state index in [0.29, 0.717) is 0 Å². The largest absolute Gasteiger partial charge is 0.481 e. The van der Waals surface area contributed by atoms with Gasteiger partial charge >= 0.3 is 5.97 Å². The maximum atomic E-state index is 10.8. The van der Waals surface area contributed by atoms with Crippen LogP contribution in [0.2, 0.25) is 0 Å². The van der Waals surface area contributed by atoms with Crippen LogP contribution in [0.3, 0.4) is 0 Å². The number of carboxylic acid groups (broad SMARTS) is 1. The van der Waals surface area contributed by atoms with Gasteiger partial charge in [0.15, 0.2) is 0 Å². The Hall–Kier alpha value is -1.38. The summed E-state index contributed by atoms with van der Waals surface area (Å²) in [6.45, 7) is 1.94. The van der Waals surface area contributed by atoms with E-state index in [1.54, 1.807) is 0 Å². The summed E-state index contributed by atoms with van der Waals surface area (Å²) < 4.78 is 0. The monoisotopic (exact) mass is 205 g/mol. The Labute approximate surface area is 89.2 Å². The summed E-state index contributed by atoms with van der Waals surface area (Å²) in [5.74, 6) is -0.713. The van der Waals surface area contributed by atoms with Gasteiger partial charge in [-0.1, -0.05) is 12.5 Å². The van der Waals surface area contributed by atoms with Gasteiger partial charge in [-0.25, -0.2) is 0 Å². The summed E-state index contributed by atoms with van der Waals surface area (Å²) in [6, 6.07) is 3.97. The van der Waals surface area contributed by atoms with Gasteiger partial charge in [0.1, 0.15) is 0 Å². The van der Waals surface area contributed by atoms with Crippen LogP contribution >= 0.6 is 0 Å². The zero-order valence-electron chi connectivity index (χ0n) is 8.86. The molecule has 1 aromatic rings. The van der Waals surface area contributed by atoms with Crippen molar-refractivity contribution in [2.45, 2.75) is 38.0 Å². The molecule has 0 radical (unpaired) electrons. The van der Waals surface area contributed by atoms with E-state index in [1.165, 1.54) is 0 Å². The van der Waals surface area contributed by atoms with Crippen LogP contribution < -0.4 is 0 Å². The zero-order chi connectivity index (χ0) is 10.9. The smallest absolute Gasteiger partial charge is 0.304 e. The van der Waals surface area contributed by atoms with Crippen LogP contribution in [-0.4, -0.2) is 16.1 Å². The topological polar surface area (TPSA) is 50.2 Å². The molecule has 1 aliphatic carbocycles. The predicted molar refractivity (Wildman–Crippen MR) is 56.8 cm³/mol. The molecule has 1 aliphatic rings. The lowest BCUT2D eigenvalue weighted by atomic mass is 9.63. The number of nitrogens with zero attached hydrogens (tertiary/aromatic N) is 1. The van der Waals surface area contributed by atoms with Crippen molar-refractivity contribution in [1.29, 1.82) is 0 Å². The molecule has 1 fully saturated rings. The lowest BCUT2D eigenvalue weighted by Gasteiger charge is -2.41. The summed E-state index contributed by atoms with van der Waals surface area (Å²) >= 11 is 0. The Morgan fingerprint density at radius 2 is 2.27 bits per heavy atom. The average Bonchev–Trinajstić information content (AvgIpc) is 2.13. The minimum Gasteiger partial charge on any atom is -0.481 e. The van der Waals surface area contributed by atoms with Gasteiger partial charge in [-0.15, -0.1) is 0 Å². The van der Waals surface area contributed by atoms with Gasteiger partial charge in [-0.05, 0) is 31.4 Å². The van der Waals surface area contributed by atoms with E-state index in [2.05, 4.69) is 4.98 Å². The van der Waals surface area contributed by atoms with Crippen molar-refractivity contribution in [3.8, 4) is 0 Å². The highest BCUT2D eigenvalue weighted by atomic mass is 16.4. The van der Waals surface area contributed by atoms with Crippen molar-refractivity contribution in [3.05, 3.63) is 29.6 Å². The Kier molecular flexibility index (Phi) is 2.47. The van der Waals surface area contributed by atoms with Crippen molar-refractivity contribution in [2.75, 3.05) is 0 Å². The molecule has 0 atom stereocenters. The number of hydrogen-bond donors (Lipinski definition) is 1. The first-order valence-electron chi connectivity index (χ1n) is 5.27. The van der Waals surface area contributed by atoms with Crippen LogP contribution in [-0.2, 0) is 10.2 Å². The molecule has 0 saturated heterocycles. The number of carbonyl (C=O) groups is 1. The summed E-state index contributed by atoms with van der Waals surface area (Å²) in [4.78, 5) is 15.1. The summed E-state index contributed by atoms with van der Waals surface area (Å²) in [6.07, 6.45) is 5.14. The molecular weight excluding hydrogens is 190 g/mol. The predicted octanol–water partition coefficient (Wildman–Crippen LogP) is 2.29. The number of rotatable bonds is 3. The maximum Gasteiger partial charge on any atom is 0.304 e. The highest BCUT2D eigenvalue weighted by Crippen LogP contribution is 2.46. The van der Waals surface area contributed by atoms with Crippen LogP contribution in [0.1, 0.15) is 36.9 Å². The SMILES string of the molecule is Cc1ccc(C2(CC(=O)O)CCC2)cn1. The third-order valence-electron chi connectivity index (χ3n) is 3.32. The van der Waals surface area contributed by atoms with Gasteiger partial charge in [-0.2, -0.15) is 0 Å². The fourth-order valence-electron chi connectivity index (χ4n) is 2.24. The number of aryl methyl sites for hydroxylation is 1. The van der Waals surface area contributed by atoms with Crippen LogP contribution in [0.4, 0.5) is 0 Å². The van der Waals surface area contributed by atoms with E-state index in [4.69, 9.17) is 5.11 Å². The van der Waals surface area contributed by atoms with E-state index < -0.39 is 5.97 Å². The average molecular weight is 205 g/mol. The highest BCUT2D eigenvalue weighted by molar-refractivity contribution is 5.69. The van der Waals surface area contributed by atoms with Crippen molar-refractivity contribution in [2.24, 2.45) is 0 Å². The van der Waals surface area contributed by atoms with Crippen LogP contribution in [0, 0.1) is 6.92 Å². The molecule has 3 heteroatoms.